The van der Waals surface area contributed by atoms with Gasteiger partial charge in [0.15, 0.2) is 5.71 Å². The Labute approximate surface area is 110 Å². The Balaban J connectivity index is 2.23. The third kappa shape index (κ3) is 3.30. The maximum Gasteiger partial charge on any atom is 0.358 e. The molecule has 0 saturated heterocycles. The highest BCUT2D eigenvalue weighted by atomic mass is 19.1. The zero-order valence-corrected chi connectivity index (χ0v) is 10.7. The summed E-state index contributed by atoms with van der Waals surface area (Å²) >= 11 is 0. The number of benzene rings is 1. The predicted molar refractivity (Wildman–Crippen MR) is 68.5 cm³/mol. The predicted octanol–water partition coefficient (Wildman–Crippen LogP) is 2.96. The van der Waals surface area contributed by atoms with Crippen molar-refractivity contribution < 1.29 is 19.1 Å². The summed E-state index contributed by atoms with van der Waals surface area (Å²) in [5.41, 5.74) is -0.477. The number of hydrogen-bond acceptors (Lipinski definition) is 3. The van der Waals surface area contributed by atoms with Gasteiger partial charge in [-0.3, -0.25) is 0 Å². The van der Waals surface area contributed by atoms with Gasteiger partial charge in [0.2, 0.25) is 0 Å². The molecule has 0 radical (unpaired) electrons. The molecule has 0 atom stereocenters. The van der Waals surface area contributed by atoms with E-state index in [9.17, 15) is 9.18 Å². The average Bonchev–Trinajstić information content (AvgIpc) is 2.76. The lowest BCUT2D eigenvalue weighted by atomic mass is 10.1. The van der Waals surface area contributed by atoms with Gasteiger partial charge in [0, 0.05) is 5.56 Å². The van der Waals surface area contributed by atoms with Crippen molar-refractivity contribution in [2.24, 2.45) is 5.16 Å². The first-order chi connectivity index (χ1) is 9.00. The molecule has 5 heteroatoms. The fraction of sp³-hybridized carbons (Fsp3) is 0.429. The summed E-state index contributed by atoms with van der Waals surface area (Å²) in [5.74, 6) is -1.73. The van der Waals surface area contributed by atoms with Gasteiger partial charge in [0.1, 0.15) is 11.4 Å². The summed E-state index contributed by atoms with van der Waals surface area (Å²) in [6.45, 7) is 1.91. The highest BCUT2D eigenvalue weighted by molar-refractivity contribution is 6.42. The molecule has 1 aliphatic carbocycles. The van der Waals surface area contributed by atoms with Gasteiger partial charge in [-0.2, -0.15) is 0 Å². The van der Waals surface area contributed by atoms with Crippen molar-refractivity contribution in [3.8, 4) is 0 Å². The Hall–Kier alpha value is -1.91. The second kappa shape index (κ2) is 5.38. The van der Waals surface area contributed by atoms with Crippen LogP contribution in [-0.2, 0) is 9.63 Å². The lowest BCUT2D eigenvalue weighted by Gasteiger charge is -2.20. The third-order valence-corrected chi connectivity index (χ3v) is 3.32. The van der Waals surface area contributed by atoms with Gasteiger partial charge in [-0.1, -0.05) is 17.3 Å². The molecule has 0 amide bonds. The van der Waals surface area contributed by atoms with E-state index in [1.807, 2.05) is 6.92 Å². The molecule has 1 fully saturated rings. The minimum absolute atomic E-state index is 0.203. The molecular formula is C14H16FNO3. The zero-order chi connectivity index (χ0) is 13.9. The first-order valence-corrected chi connectivity index (χ1v) is 6.26. The second-order valence-electron chi connectivity index (χ2n) is 5.00. The molecule has 0 unspecified atom stereocenters. The van der Waals surface area contributed by atoms with Crippen molar-refractivity contribution in [3.05, 3.63) is 35.6 Å². The van der Waals surface area contributed by atoms with Crippen LogP contribution >= 0.6 is 0 Å². The van der Waals surface area contributed by atoms with Crippen LogP contribution in [0.2, 0.25) is 0 Å². The molecule has 0 aromatic heterocycles. The van der Waals surface area contributed by atoms with Crippen LogP contribution in [0.3, 0.4) is 0 Å². The van der Waals surface area contributed by atoms with Crippen LogP contribution in [-0.4, -0.2) is 22.4 Å². The maximum absolute atomic E-state index is 13.1. The number of rotatable bonds is 4. The minimum atomic E-state index is -1.23. The molecule has 0 bridgehead atoms. The molecule has 1 saturated carbocycles. The summed E-state index contributed by atoms with van der Waals surface area (Å²) in [6, 6.07) is 5.33. The first-order valence-electron chi connectivity index (χ1n) is 6.26. The van der Waals surface area contributed by atoms with Crippen molar-refractivity contribution in [1.29, 1.82) is 0 Å². The Morgan fingerprint density at radius 3 is 2.68 bits per heavy atom. The molecular weight excluding hydrogens is 249 g/mol. The van der Waals surface area contributed by atoms with Crippen LogP contribution in [0, 0.1) is 5.82 Å². The van der Waals surface area contributed by atoms with E-state index in [4.69, 9.17) is 9.94 Å². The minimum Gasteiger partial charge on any atom is -0.476 e. The third-order valence-electron chi connectivity index (χ3n) is 3.32. The lowest BCUT2D eigenvalue weighted by molar-refractivity contribution is -0.129. The van der Waals surface area contributed by atoms with Gasteiger partial charge in [-0.15, -0.1) is 0 Å². The largest absolute Gasteiger partial charge is 0.476 e. The number of carbonyl (C=O) groups is 1. The molecule has 102 valence electrons. The molecule has 0 heterocycles. The van der Waals surface area contributed by atoms with Gasteiger partial charge < -0.3 is 9.94 Å². The molecule has 0 aliphatic heterocycles. The summed E-state index contributed by atoms with van der Waals surface area (Å²) in [4.78, 5) is 16.6. The first kappa shape index (κ1) is 13.5. The summed E-state index contributed by atoms with van der Waals surface area (Å²) in [6.07, 6.45) is 3.81. The van der Waals surface area contributed by atoms with Crippen molar-refractivity contribution in [3.63, 3.8) is 0 Å². The van der Waals surface area contributed by atoms with E-state index in [1.54, 1.807) is 0 Å². The van der Waals surface area contributed by atoms with E-state index in [-0.39, 0.29) is 11.3 Å². The molecule has 1 aliphatic rings. The van der Waals surface area contributed by atoms with Gasteiger partial charge in [-0.05, 0) is 44.7 Å². The fourth-order valence-corrected chi connectivity index (χ4v) is 2.22. The summed E-state index contributed by atoms with van der Waals surface area (Å²) in [5, 5.41) is 12.9. The number of hydrogen-bond donors (Lipinski definition) is 1. The zero-order valence-electron chi connectivity index (χ0n) is 10.7. The van der Waals surface area contributed by atoms with Gasteiger partial charge in [0.05, 0.1) is 0 Å². The molecule has 1 aromatic carbocycles. The van der Waals surface area contributed by atoms with Crippen LogP contribution in [0.1, 0.15) is 38.2 Å². The summed E-state index contributed by atoms with van der Waals surface area (Å²) < 4.78 is 13.1. The van der Waals surface area contributed by atoms with Gasteiger partial charge >= 0.3 is 5.97 Å². The van der Waals surface area contributed by atoms with E-state index in [1.165, 1.54) is 18.2 Å². The standard InChI is InChI=1S/C14H16FNO3/c1-14(7-2-3-8-14)19-16-12(13(17)18)10-5-4-6-11(15)9-10/h4-6,9H,2-3,7-8H2,1H3,(H,17,18)/b16-12-. The van der Waals surface area contributed by atoms with Crippen molar-refractivity contribution in [1.82, 2.24) is 0 Å². The molecule has 4 nitrogen and oxygen atoms in total. The Bertz CT molecular complexity index is 507. The Kier molecular flexibility index (Phi) is 3.83. The Morgan fingerprint density at radius 1 is 1.42 bits per heavy atom. The number of carboxylic acids is 1. The monoisotopic (exact) mass is 265 g/mol. The highest BCUT2D eigenvalue weighted by Gasteiger charge is 2.31. The fourth-order valence-electron chi connectivity index (χ4n) is 2.22. The number of aliphatic carboxylic acids is 1. The van der Waals surface area contributed by atoms with Crippen LogP contribution in [0.25, 0.3) is 0 Å². The smallest absolute Gasteiger partial charge is 0.358 e. The van der Waals surface area contributed by atoms with Gasteiger partial charge in [-0.25, -0.2) is 9.18 Å². The SMILES string of the molecule is CC1(O/N=C(\C(=O)O)c2cccc(F)c2)CCCC1. The van der Waals surface area contributed by atoms with Crippen LogP contribution < -0.4 is 0 Å². The number of halogens is 1. The topological polar surface area (TPSA) is 58.9 Å². The number of carboxylic acid groups (broad SMARTS) is 1. The van der Waals surface area contributed by atoms with E-state index in [0.29, 0.717) is 0 Å². The molecule has 1 aromatic rings. The van der Waals surface area contributed by atoms with Gasteiger partial charge in [0.25, 0.3) is 0 Å². The van der Waals surface area contributed by atoms with Crippen LogP contribution in [0.5, 0.6) is 0 Å². The normalized spacial score (nSPS) is 18.3. The van der Waals surface area contributed by atoms with Crippen molar-refractivity contribution >= 4 is 11.7 Å². The maximum atomic E-state index is 13.1. The van der Waals surface area contributed by atoms with Crippen molar-refractivity contribution in [2.75, 3.05) is 0 Å². The molecule has 1 N–H and O–H groups in total. The molecule has 19 heavy (non-hydrogen) atoms. The lowest BCUT2D eigenvalue weighted by Crippen LogP contribution is -2.24. The number of oxime groups is 1. The van der Waals surface area contributed by atoms with Crippen LogP contribution in [0.4, 0.5) is 4.39 Å². The average molecular weight is 265 g/mol. The van der Waals surface area contributed by atoms with Crippen molar-refractivity contribution in [2.45, 2.75) is 38.2 Å². The van der Waals surface area contributed by atoms with Crippen LogP contribution in [0.15, 0.2) is 29.4 Å². The highest BCUT2D eigenvalue weighted by Crippen LogP contribution is 2.32. The molecule has 0 spiro atoms. The number of nitrogens with zero attached hydrogens (tertiary/aromatic N) is 1. The van der Waals surface area contributed by atoms with E-state index in [2.05, 4.69) is 5.16 Å². The second-order valence-corrected chi connectivity index (χ2v) is 5.00. The quantitative estimate of drug-likeness (QED) is 0.672. The van der Waals surface area contributed by atoms with E-state index >= 15 is 0 Å². The Morgan fingerprint density at radius 2 is 2.11 bits per heavy atom. The summed E-state index contributed by atoms with van der Waals surface area (Å²) in [7, 11) is 0. The van der Waals surface area contributed by atoms with E-state index < -0.39 is 17.4 Å². The van der Waals surface area contributed by atoms with E-state index in [0.717, 1.165) is 31.7 Å². The molecule has 2 rings (SSSR count).